The average Bonchev–Trinajstić information content (AvgIpc) is 2.18. The monoisotopic (exact) mass is 278 g/mol. The van der Waals surface area contributed by atoms with Crippen LogP contribution in [-0.2, 0) is 18.1 Å². The van der Waals surface area contributed by atoms with E-state index in [9.17, 15) is 13.2 Å². The van der Waals surface area contributed by atoms with Gasteiger partial charge in [0, 0.05) is 40.7 Å². The Morgan fingerprint density at radius 2 is 1.47 bits per heavy atom. The molecule has 0 aromatic carbocycles. The van der Waals surface area contributed by atoms with Crippen molar-refractivity contribution in [3.05, 3.63) is 0 Å². The molecule has 104 valence electrons. The molecule has 1 N–H and O–H groups in total. The molecule has 0 radical (unpaired) electrons. The molecule has 0 amide bonds. The summed E-state index contributed by atoms with van der Waals surface area (Å²) >= 11 is 0. The van der Waals surface area contributed by atoms with Gasteiger partial charge in [-0.15, -0.1) is 0 Å². The van der Waals surface area contributed by atoms with Gasteiger partial charge in [0.1, 0.15) is 0 Å². The van der Waals surface area contributed by atoms with E-state index >= 15 is 0 Å². The molecule has 0 aliphatic carbocycles. The lowest BCUT2D eigenvalue weighted by Crippen LogP contribution is -2.43. The summed E-state index contributed by atoms with van der Waals surface area (Å²) in [5, 5.41) is 7.42. The zero-order chi connectivity index (χ0) is 14.1. The first-order valence-electron chi connectivity index (χ1n) is 4.54. The minimum Gasteiger partial charge on any atom is -0.481 e. The van der Waals surface area contributed by atoms with E-state index in [0.29, 0.717) is 0 Å². The number of aliphatic carboxylic acids is 1. The largest absolute Gasteiger partial charge is 0.500 e. The van der Waals surface area contributed by atoms with Crippen molar-refractivity contribution in [2.75, 3.05) is 21.3 Å². The summed E-state index contributed by atoms with van der Waals surface area (Å²) in [6.45, 7) is 1.08. The number of alkyl halides is 3. The molecule has 0 unspecified atom stereocenters. The summed E-state index contributed by atoms with van der Waals surface area (Å²) in [5.74, 6) is -0.833. The molecule has 17 heavy (non-hydrogen) atoms. The van der Waals surface area contributed by atoms with Crippen LogP contribution >= 0.6 is 0 Å². The number of carbonyl (C=O) groups is 1. The van der Waals surface area contributed by atoms with E-state index in [1.54, 1.807) is 0 Å². The highest BCUT2D eigenvalue weighted by Gasteiger charge is 2.42. The standard InChI is InChI=1S/C6H13F3O3Si.C2H4O2/c1-10-13(11-2,12-3)5-4-6(7,8)9;1-2(3)4/h4-5H2,1-3H3;1H3,(H,3,4). The Bertz CT molecular complexity index is 205. The Labute approximate surface area is 98.8 Å². The van der Waals surface area contributed by atoms with Gasteiger partial charge in [-0.3, -0.25) is 4.79 Å². The third kappa shape index (κ3) is 11.6. The minimum absolute atomic E-state index is 0.250. The minimum atomic E-state index is -4.20. The molecule has 0 aromatic rings. The van der Waals surface area contributed by atoms with Crippen molar-refractivity contribution in [1.29, 1.82) is 0 Å². The van der Waals surface area contributed by atoms with Gasteiger partial charge in [-0.25, -0.2) is 0 Å². The first kappa shape index (κ1) is 18.7. The van der Waals surface area contributed by atoms with Crippen LogP contribution in [0.2, 0.25) is 6.04 Å². The highest BCUT2D eigenvalue weighted by atomic mass is 28.4. The van der Waals surface area contributed by atoms with Crippen LogP contribution in [0, 0.1) is 0 Å². The molecule has 0 rings (SSSR count). The van der Waals surface area contributed by atoms with Crippen LogP contribution < -0.4 is 0 Å². The molecule has 0 saturated carbocycles. The maximum Gasteiger partial charge on any atom is 0.500 e. The second kappa shape index (κ2) is 8.45. The van der Waals surface area contributed by atoms with E-state index in [-0.39, 0.29) is 6.04 Å². The van der Waals surface area contributed by atoms with Crippen LogP contribution in [0.4, 0.5) is 13.2 Å². The summed E-state index contributed by atoms with van der Waals surface area (Å²) in [6, 6.07) is -0.250. The number of carboxylic acids is 1. The second-order valence-electron chi connectivity index (χ2n) is 2.93. The van der Waals surface area contributed by atoms with Gasteiger partial charge in [0.2, 0.25) is 0 Å². The molecule has 0 aromatic heterocycles. The van der Waals surface area contributed by atoms with Crippen molar-refractivity contribution in [3.63, 3.8) is 0 Å². The fraction of sp³-hybridized carbons (Fsp3) is 0.875. The van der Waals surface area contributed by atoms with E-state index in [4.69, 9.17) is 23.2 Å². The molecule has 5 nitrogen and oxygen atoms in total. The topological polar surface area (TPSA) is 65.0 Å². The molecule has 0 bridgehead atoms. The number of hydrogen-bond acceptors (Lipinski definition) is 4. The molecule has 0 spiro atoms. The van der Waals surface area contributed by atoms with Crippen LogP contribution in [-0.4, -0.2) is 47.4 Å². The molecule has 0 atom stereocenters. The van der Waals surface area contributed by atoms with Crippen molar-refractivity contribution < 1.29 is 36.4 Å². The Hall–Kier alpha value is -0.643. The first-order chi connectivity index (χ1) is 7.62. The van der Waals surface area contributed by atoms with Crippen LogP contribution in [0.1, 0.15) is 13.3 Å². The third-order valence-electron chi connectivity index (χ3n) is 1.65. The predicted octanol–water partition coefficient (Wildman–Crippen LogP) is 1.91. The number of carboxylic acid groups (broad SMARTS) is 1. The Morgan fingerprint density at radius 1 is 1.18 bits per heavy atom. The summed E-state index contributed by atoms with van der Waals surface area (Å²) in [6.07, 6.45) is -5.15. The highest BCUT2D eigenvalue weighted by Crippen LogP contribution is 2.26. The molecule has 0 aliphatic rings. The molecule has 9 heteroatoms. The van der Waals surface area contributed by atoms with Gasteiger partial charge in [-0.1, -0.05) is 0 Å². The van der Waals surface area contributed by atoms with E-state index in [2.05, 4.69) is 0 Å². The van der Waals surface area contributed by atoms with E-state index in [1.807, 2.05) is 0 Å². The number of hydrogen-bond donors (Lipinski definition) is 1. The lowest BCUT2D eigenvalue weighted by Gasteiger charge is -2.24. The number of rotatable bonds is 5. The normalized spacial score (nSPS) is 11.7. The first-order valence-corrected chi connectivity index (χ1v) is 6.47. The summed E-state index contributed by atoms with van der Waals surface area (Å²) in [4.78, 5) is 9.00. The smallest absolute Gasteiger partial charge is 0.481 e. The van der Waals surface area contributed by atoms with Gasteiger partial charge in [0.05, 0.1) is 0 Å². The highest BCUT2D eigenvalue weighted by molar-refractivity contribution is 6.60. The molecule has 0 aliphatic heterocycles. The van der Waals surface area contributed by atoms with Crippen LogP contribution in [0.15, 0.2) is 0 Å². The summed E-state index contributed by atoms with van der Waals surface area (Å²) < 4.78 is 50.0. The Balaban J connectivity index is 0. The molecule has 0 fully saturated rings. The van der Waals surface area contributed by atoms with E-state index in [1.165, 1.54) is 21.3 Å². The van der Waals surface area contributed by atoms with Crippen LogP contribution in [0.3, 0.4) is 0 Å². The van der Waals surface area contributed by atoms with Gasteiger partial charge < -0.3 is 18.4 Å². The lowest BCUT2D eigenvalue weighted by molar-refractivity contribution is -0.134. The van der Waals surface area contributed by atoms with E-state index in [0.717, 1.165) is 6.92 Å². The van der Waals surface area contributed by atoms with Gasteiger partial charge in [-0.05, 0) is 0 Å². The SMILES string of the molecule is CC(=O)O.CO[Si](CCC(F)(F)F)(OC)OC. The zero-order valence-corrected chi connectivity index (χ0v) is 11.1. The average molecular weight is 278 g/mol. The fourth-order valence-corrected chi connectivity index (χ4v) is 2.55. The Kier molecular flexibility index (Phi) is 9.30. The van der Waals surface area contributed by atoms with Crippen LogP contribution in [0.5, 0.6) is 0 Å². The van der Waals surface area contributed by atoms with E-state index < -0.39 is 27.4 Å². The predicted molar refractivity (Wildman–Crippen MR) is 55.6 cm³/mol. The lowest BCUT2D eigenvalue weighted by atomic mass is 10.5. The molecule has 0 saturated heterocycles. The fourth-order valence-electron chi connectivity index (χ4n) is 0.851. The molecular formula is C8H17F3O5Si. The maximum atomic E-state index is 11.9. The van der Waals surface area contributed by atoms with Gasteiger partial charge in [0.15, 0.2) is 0 Å². The van der Waals surface area contributed by atoms with Gasteiger partial charge >= 0.3 is 15.0 Å². The Morgan fingerprint density at radius 3 is 1.65 bits per heavy atom. The number of halogens is 3. The quantitative estimate of drug-likeness (QED) is 0.778. The second-order valence-corrected chi connectivity index (χ2v) is 6.02. The van der Waals surface area contributed by atoms with Crippen LogP contribution in [0.25, 0.3) is 0 Å². The van der Waals surface area contributed by atoms with Crippen molar-refractivity contribution in [2.45, 2.75) is 25.6 Å². The summed E-state index contributed by atoms with van der Waals surface area (Å²) in [7, 11) is 0.815. The van der Waals surface area contributed by atoms with Crippen molar-refractivity contribution in [1.82, 2.24) is 0 Å². The van der Waals surface area contributed by atoms with Gasteiger partial charge in [0.25, 0.3) is 5.97 Å². The van der Waals surface area contributed by atoms with Crippen molar-refractivity contribution >= 4 is 14.8 Å². The summed E-state index contributed by atoms with van der Waals surface area (Å²) in [5.41, 5.74) is 0. The van der Waals surface area contributed by atoms with Crippen molar-refractivity contribution in [2.24, 2.45) is 0 Å². The zero-order valence-electron chi connectivity index (χ0n) is 10.1. The van der Waals surface area contributed by atoms with Crippen molar-refractivity contribution in [3.8, 4) is 0 Å². The van der Waals surface area contributed by atoms with Gasteiger partial charge in [-0.2, -0.15) is 13.2 Å². The maximum absolute atomic E-state index is 11.9. The third-order valence-corrected chi connectivity index (χ3v) is 4.38. The molecular weight excluding hydrogens is 261 g/mol. The molecule has 0 heterocycles.